The molecule has 5 heterocycles. The number of rotatable bonds is 6. The molecule has 3 fully saturated rings. The van der Waals surface area contributed by atoms with Crippen LogP contribution in [-0.2, 0) is 11.3 Å². The minimum atomic E-state index is -0.363. The van der Waals surface area contributed by atoms with Crippen molar-refractivity contribution in [3.63, 3.8) is 0 Å². The predicted octanol–water partition coefficient (Wildman–Crippen LogP) is 2.46. The molecular weight excluding hydrogens is 486 g/mol. The van der Waals surface area contributed by atoms with Gasteiger partial charge >= 0.3 is 0 Å². The van der Waals surface area contributed by atoms with Crippen molar-refractivity contribution in [1.82, 2.24) is 35.0 Å². The maximum atomic E-state index is 13.6. The summed E-state index contributed by atoms with van der Waals surface area (Å²) in [5.41, 5.74) is 1.23. The lowest BCUT2D eigenvalue weighted by molar-refractivity contribution is 0.0593. The first kappa shape index (κ1) is 24.1. The van der Waals surface area contributed by atoms with Crippen molar-refractivity contribution in [2.75, 3.05) is 39.6 Å². The van der Waals surface area contributed by atoms with Gasteiger partial charge in [0, 0.05) is 55.8 Å². The molecule has 0 spiro atoms. The molecular formula is C27H35N7O4. The largest absolute Gasteiger partial charge is 0.454 e. The summed E-state index contributed by atoms with van der Waals surface area (Å²) in [7, 11) is 0. The monoisotopic (exact) mass is 521 g/mol. The molecule has 11 nitrogen and oxygen atoms in total. The van der Waals surface area contributed by atoms with Crippen LogP contribution in [0, 0.1) is 0 Å². The van der Waals surface area contributed by atoms with E-state index in [2.05, 4.69) is 30.3 Å². The van der Waals surface area contributed by atoms with Crippen molar-refractivity contribution in [2.24, 2.45) is 0 Å². The lowest BCUT2D eigenvalue weighted by Gasteiger charge is -2.43. The molecule has 38 heavy (non-hydrogen) atoms. The van der Waals surface area contributed by atoms with E-state index in [1.54, 1.807) is 0 Å². The van der Waals surface area contributed by atoms with E-state index >= 15 is 0 Å². The van der Waals surface area contributed by atoms with Crippen LogP contribution >= 0.6 is 0 Å². The maximum absolute atomic E-state index is 13.6. The van der Waals surface area contributed by atoms with Gasteiger partial charge in [-0.25, -0.2) is 4.68 Å². The second-order valence-electron chi connectivity index (χ2n) is 11.0. The summed E-state index contributed by atoms with van der Waals surface area (Å²) in [4.78, 5) is 21.7. The molecule has 2 aromatic heterocycles. The van der Waals surface area contributed by atoms with E-state index in [1.165, 1.54) is 32.1 Å². The van der Waals surface area contributed by atoms with Gasteiger partial charge in [0.05, 0.1) is 18.2 Å². The fourth-order valence-electron chi connectivity index (χ4n) is 6.64. The summed E-state index contributed by atoms with van der Waals surface area (Å²) < 4.78 is 18.9. The predicted molar refractivity (Wildman–Crippen MR) is 139 cm³/mol. The summed E-state index contributed by atoms with van der Waals surface area (Å²) in [6, 6.07) is 6.06. The summed E-state index contributed by atoms with van der Waals surface area (Å²) >= 11 is 0. The van der Waals surface area contributed by atoms with E-state index in [0.29, 0.717) is 35.5 Å². The number of pyridine rings is 1. The first-order valence-corrected chi connectivity index (χ1v) is 14.1. The molecule has 1 aromatic carbocycles. The number of fused-ring (bicyclic) bond motifs is 2. The molecule has 0 bridgehead atoms. The molecule has 0 amide bonds. The van der Waals surface area contributed by atoms with Gasteiger partial charge in [0.1, 0.15) is 6.04 Å². The third-order valence-electron chi connectivity index (χ3n) is 8.67. The summed E-state index contributed by atoms with van der Waals surface area (Å²) in [5, 5.41) is 13.8. The Morgan fingerprint density at radius 2 is 1.79 bits per heavy atom. The molecule has 1 N–H and O–H groups in total. The van der Waals surface area contributed by atoms with Crippen LogP contribution < -0.4 is 15.0 Å². The lowest BCUT2D eigenvalue weighted by atomic mass is 9.93. The van der Waals surface area contributed by atoms with Crippen LogP contribution in [0.5, 0.6) is 11.5 Å². The van der Waals surface area contributed by atoms with Crippen LogP contribution in [0.4, 0.5) is 0 Å². The number of hydrogen-bond acceptors (Lipinski definition) is 9. The van der Waals surface area contributed by atoms with E-state index in [0.717, 1.165) is 56.5 Å². The Morgan fingerprint density at radius 3 is 2.58 bits per heavy atom. The van der Waals surface area contributed by atoms with E-state index in [-0.39, 0.29) is 24.5 Å². The Labute approximate surface area is 221 Å². The highest BCUT2D eigenvalue weighted by molar-refractivity contribution is 5.83. The minimum absolute atomic E-state index is 0.0932. The smallest absolute Gasteiger partial charge is 0.253 e. The number of aromatic amines is 1. The zero-order valence-corrected chi connectivity index (χ0v) is 21.7. The van der Waals surface area contributed by atoms with Crippen LogP contribution in [-0.4, -0.2) is 86.7 Å². The molecule has 0 radical (unpaired) electrons. The average molecular weight is 522 g/mol. The zero-order chi connectivity index (χ0) is 25.5. The topological polar surface area (TPSA) is 111 Å². The van der Waals surface area contributed by atoms with Crippen molar-refractivity contribution in [1.29, 1.82) is 0 Å². The number of piperazine rings is 1. The Bertz CT molecular complexity index is 1340. The summed E-state index contributed by atoms with van der Waals surface area (Å²) in [6.07, 6.45) is 8.75. The SMILES string of the molecule is O=c1[nH]c2cc3c(cc2cc1[C@H](c1nnnn1C[C@@H]1CCCO1)N1CCN(C2CCCCC2)CC1)OCO3. The number of benzene rings is 1. The first-order chi connectivity index (χ1) is 18.7. The van der Waals surface area contributed by atoms with Gasteiger partial charge in [0.25, 0.3) is 5.56 Å². The number of ether oxygens (including phenoxy) is 3. The van der Waals surface area contributed by atoms with Crippen LogP contribution in [0.3, 0.4) is 0 Å². The van der Waals surface area contributed by atoms with E-state index in [1.807, 2.05) is 22.9 Å². The van der Waals surface area contributed by atoms with Gasteiger partial charge in [-0.15, -0.1) is 5.10 Å². The molecule has 2 saturated heterocycles. The molecule has 202 valence electrons. The van der Waals surface area contributed by atoms with Crippen molar-refractivity contribution in [2.45, 2.75) is 69.7 Å². The quantitative estimate of drug-likeness (QED) is 0.523. The molecule has 4 aliphatic rings. The summed E-state index contributed by atoms with van der Waals surface area (Å²) in [6.45, 7) is 5.23. The molecule has 7 rings (SSSR count). The zero-order valence-electron chi connectivity index (χ0n) is 21.7. The Kier molecular flexibility index (Phi) is 6.50. The number of H-pyrrole nitrogens is 1. The molecule has 0 unspecified atom stereocenters. The van der Waals surface area contributed by atoms with E-state index < -0.39 is 0 Å². The first-order valence-electron chi connectivity index (χ1n) is 14.1. The highest BCUT2D eigenvalue weighted by atomic mass is 16.7. The third kappa shape index (κ3) is 4.56. The van der Waals surface area contributed by atoms with Gasteiger partial charge in [0.15, 0.2) is 17.3 Å². The molecule has 3 aromatic rings. The second kappa shape index (κ2) is 10.3. The van der Waals surface area contributed by atoms with Gasteiger partial charge in [-0.3, -0.25) is 14.6 Å². The van der Waals surface area contributed by atoms with Crippen molar-refractivity contribution in [3.05, 3.63) is 39.9 Å². The van der Waals surface area contributed by atoms with Crippen LogP contribution in [0.15, 0.2) is 23.0 Å². The fraction of sp³-hybridized carbons (Fsp3) is 0.630. The Balaban J connectivity index is 1.24. The van der Waals surface area contributed by atoms with E-state index in [4.69, 9.17) is 14.2 Å². The standard InChI is InChI=1S/C27H35N7O4/c35-27-21(13-18-14-23-24(38-17-37-23)15-22(18)28-27)25(26-29-30-31-34(26)16-20-7-4-12-36-20)33-10-8-32(9-11-33)19-5-2-1-3-6-19/h13-15,19-20,25H,1-12,16-17H2,(H,28,35)/t20-,25+/m0/s1. The number of nitrogens with one attached hydrogen (secondary N) is 1. The van der Waals surface area contributed by atoms with Gasteiger partial charge in [-0.05, 0) is 48.2 Å². The summed E-state index contributed by atoms with van der Waals surface area (Å²) in [5.74, 6) is 2.03. The Morgan fingerprint density at radius 1 is 0.974 bits per heavy atom. The second-order valence-corrected chi connectivity index (χ2v) is 11.0. The number of nitrogens with zero attached hydrogens (tertiary/aromatic N) is 6. The van der Waals surface area contributed by atoms with Gasteiger partial charge in [-0.2, -0.15) is 0 Å². The van der Waals surface area contributed by atoms with Gasteiger partial charge < -0.3 is 19.2 Å². The van der Waals surface area contributed by atoms with Gasteiger partial charge in [0.2, 0.25) is 6.79 Å². The van der Waals surface area contributed by atoms with Crippen molar-refractivity contribution in [3.8, 4) is 11.5 Å². The molecule has 1 aliphatic carbocycles. The van der Waals surface area contributed by atoms with Crippen LogP contribution in [0.1, 0.15) is 62.4 Å². The fourth-order valence-corrected chi connectivity index (χ4v) is 6.64. The number of aromatic nitrogens is 5. The normalized spacial score (nSPS) is 23.8. The minimum Gasteiger partial charge on any atom is -0.454 e. The van der Waals surface area contributed by atoms with Crippen molar-refractivity contribution < 1.29 is 14.2 Å². The highest BCUT2D eigenvalue weighted by Gasteiger charge is 2.35. The molecule has 2 atom stereocenters. The third-order valence-corrected chi connectivity index (χ3v) is 8.67. The van der Waals surface area contributed by atoms with Crippen molar-refractivity contribution >= 4 is 10.9 Å². The molecule has 11 heteroatoms. The number of tetrazole rings is 1. The average Bonchev–Trinajstić information content (AvgIpc) is 3.72. The lowest BCUT2D eigenvalue weighted by Crippen LogP contribution is -2.52. The van der Waals surface area contributed by atoms with E-state index in [9.17, 15) is 4.79 Å². The maximum Gasteiger partial charge on any atom is 0.253 e. The molecule has 1 saturated carbocycles. The van der Waals surface area contributed by atoms with Gasteiger partial charge in [-0.1, -0.05) is 19.3 Å². The van der Waals surface area contributed by atoms with Crippen LogP contribution in [0.2, 0.25) is 0 Å². The Hall–Kier alpha value is -3.02. The van der Waals surface area contributed by atoms with Crippen LogP contribution in [0.25, 0.3) is 10.9 Å². The number of hydrogen-bond donors (Lipinski definition) is 1. The molecule has 3 aliphatic heterocycles. The highest BCUT2D eigenvalue weighted by Crippen LogP contribution is 2.36.